The van der Waals surface area contributed by atoms with Crippen LogP contribution < -0.4 is 5.32 Å². The van der Waals surface area contributed by atoms with E-state index >= 15 is 0 Å². The first-order valence-corrected chi connectivity index (χ1v) is 9.33. The lowest BCUT2D eigenvalue weighted by Gasteiger charge is -2.34. The lowest BCUT2D eigenvalue weighted by atomic mass is 10.0. The molecule has 25 heavy (non-hydrogen) atoms. The van der Waals surface area contributed by atoms with E-state index in [1.807, 2.05) is 18.5 Å². The van der Waals surface area contributed by atoms with Crippen molar-refractivity contribution in [3.8, 4) is 0 Å². The molecule has 5 nitrogen and oxygen atoms in total. The number of likely N-dealkylation sites (tertiary alicyclic amines) is 1. The number of benzene rings is 1. The maximum absolute atomic E-state index is 12.7. The Hall–Kier alpha value is -2.14. The van der Waals surface area contributed by atoms with Crippen molar-refractivity contribution in [2.45, 2.75) is 51.7 Å². The SMILES string of the molecule is CCc1nccn1CCNC(=O)C1CCCCN1Cc1ccccc1. The molecule has 1 atom stereocenters. The fraction of sp³-hybridized carbons (Fsp3) is 0.500. The molecular weight excluding hydrogens is 312 g/mol. The summed E-state index contributed by atoms with van der Waals surface area (Å²) < 4.78 is 2.11. The van der Waals surface area contributed by atoms with Crippen LogP contribution in [-0.4, -0.2) is 39.5 Å². The van der Waals surface area contributed by atoms with Gasteiger partial charge in [-0.3, -0.25) is 9.69 Å². The largest absolute Gasteiger partial charge is 0.353 e. The molecule has 0 bridgehead atoms. The normalized spacial score (nSPS) is 18.2. The smallest absolute Gasteiger partial charge is 0.237 e. The summed E-state index contributed by atoms with van der Waals surface area (Å²) >= 11 is 0. The van der Waals surface area contributed by atoms with Crippen molar-refractivity contribution in [1.82, 2.24) is 19.8 Å². The summed E-state index contributed by atoms with van der Waals surface area (Å²) in [6.07, 6.45) is 7.96. The van der Waals surface area contributed by atoms with Crippen molar-refractivity contribution in [3.05, 3.63) is 54.1 Å². The zero-order valence-electron chi connectivity index (χ0n) is 15.0. The minimum atomic E-state index is -0.0117. The van der Waals surface area contributed by atoms with E-state index in [-0.39, 0.29) is 11.9 Å². The maximum Gasteiger partial charge on any atom is 0.237 e. The van der Waals surface area contributed by atoms with E-state index in [1.165, 1.54) is 12.0 Å². The number of nitrogens with one attached hydrogen (secondary N) is 1. The van der Waals surface area contributed by atoms with Crippen LogP contribution in [0.4, 0.5) is 0 Å². The summed E-state index contributed by atoms with van der Waals surface area (Å²) in [5, 5.41) is 3.13. The number of carbonyl (C=O) groups excluding carboxylic acids is 1. The second-order valence-corrected chi connectivity index (χ2v) is 6.65. The molecule has 1 aliphatic rings. The fourth-order valence-electron chi connectivity index (χ4n) is 3.57. The fourth-order valence-corrected chi connectivity index (χ4v) is 3.57. The van der Waals surface area contributed by atoms with E-state index in [0.29, 0.717) is 6.54 Å². The number of hydrogen-bond acceptors (Lipinski definition) is 3. The molecule has 0 spiro atoms. The van der Waals surface area contributed by atoms with Crippen LogP contribution in [0.15, 0.2) is 42.7 Å². The van der Waals surface area contributed by atoms with E-state index in [4.69, 9.17) is 0 Å². The molecule has 1 saturated heterocycles. The van der Waals surface area contributed by atoms with Crippen LogP contribution in [0.3, 0.4) is 0 Å². The standard InChI is InChI=1S/C20H28N4O/c1-2-19-21-11-14-23(19)15-12-22-20(25)18-10-6-7-13-24(18)16-17-8-4-3-5-9-17/h3-5,8-9,11,14,18H,2,6-7,10,12-13,15-16H2,1H3,(H,22,25). The molecule has 1 amide bonds. The summed E-state index contributed by atoms with van der Waals surface area (Å²) in [7, 11) is 0. The molecule has 2 aromatic rings. The van der Waals surface area contributed by atoms with Crippen LogP contribution in [0.25, 0.3) is 0 Å². The number of piperidine rings is 1. The Morgan fingerprint density at radius 1 is 1.28 bits per heavy atom. The molecule has 1 aromatic carbocycles. The quantitative estimate of drug-likeness (QED) is 0.843. The highest BCUT2D eigenvalue weighted by atomic mass is 16.2. The zero-order valence-corrected chi connectivity index (χ0v) is 15.0. The first-order chi connectivity index (χ1) is 12.3. The highest BCUT2D eigenvalue weighted by molar-refractivity contribution is 5.81. The molecule has 0 radical (unpaired) electrons. The summed E-state index contributed by atoms with van der Waals surface area (Å²) in [6.45, 7) is 5.37. The van der Waals surface area contributed by atoms with Gasteiger partial charge in [0.25, 0.3) is 0 Å². The van der Waals surface area contributed by atoms with Crippen molar-refractivity contribution in [2.75, 3.05) is 13.1 Å². The van der Waals surface area contributed by atoms with Crippen molar-refractivity contribution in [2.24, 2.45) is 0 Å². The molecule has 2 heterocycles. The second-order valence-electron chi connectivity index (χ2n) is 6.65. The van der Waals surface area contributed by atoms with Gasteiger partial charge >= 0.3 is 0 Å². The highest BCUT2D eigenvalue weighted by Gasteiger charge is 2.28. The van der Waals surface area contributed by atoms with Crippen LogP contribution in [0.1, 0.15) is 37.6 Å². The Labute approximate surface area is 150 Å². The topological polar surface area (TPSA) is 50.2 Å². The number of aryl methyl sites for hydroxylation is 1. The number of hydrogen-bond donors (Lipinski definition) is 1. The summed E-state index contributed by atoms with van der Waals surface area (Å²) in [6, 6.07) is 10.4. The molecule has 1 aliphatic heterocycles. The Kier molecular flexibility index (Phi) is 6.23. The van der Waals surface area contributed by atoms with E-state index in [1.54, 1.807) is 0 Å². The molecule has 134 valence electrons. The first kappa shape index (κ1) is 17.7. The van der Waals surface area contributed by atoms with Crippen molar-refractivity contribution in [1.29, 1.82) is 0 Å². The van der Waals surface area contributed by atoms with E-state index in [0.717, 1.165) is 44.7 Å². The number of imidazole rings is 1. The van der Waals surface area contributed by atoms with Gasteiger partial charge in [-0.1, -0.05) is 43.7 Å². The van der Waals surface area contributed by atoms with Gasteiger partial charge in [-0.15, -0.1) is 0 Å². The molecule has 1 fully saturated rings. The van der Waals surface area contributed by atoms with Crippen LogP contribution in [0.2, 0.25) is 0 Å². The number of amides is 1. The van der Waals surface area contributed by atoms with Gasteiger partial charge in [0, 0.05) is 38.4 Å². The Bertz CT molecular complexity index is 667. The first-order valence-electron chi connectivity index (χ1n) is 9.33. The lowest BCUT2D eigenvalue weighted by Crippen LogP contribution is -2.49. The summed E-state index contributed by atoms with van der Waals surface area (Å²) in [4.78, 5) is 19.3. The molecule has 1 N–H and O–H groups in total. The van der Waals surface area contributed by atoms with Crippen molar-refractivity contribution in [3.63, 3.8) is 0 Å². The van der Waals surface area contributed by atoms with Gasteiger partial charge in [-0.2, -0.15) is 0 Å². The van der Waals surface area contributed by atoms with Crippen molar-refractivity contribution < 1.29 is 4.79 Å². The van der Waals surface area contributed by atoms with Gasteiger partial charge in [0.15, 0.2) is 0 Å². The van der Waals surface area contributed by atoms with E-state index in [9.17, 15) is 4.79 Å². The van der Waals surface area contributed by atoms with Gasteiger partial charge in [0.2, 0.25) is 5.91 Å². The van der Waals surface area contributed by atoms with Gasteiger partial charge in [-0.05, 0) is 24.9 Å². The Balaban J connectivity index is 1.53. The average Bonchev–Trinajstić information content (AvgIpc) is 3.10. The highest BCUT2D eigenvalue weighted by Crippen LogP contribution is 2.19. The van der Waals surface area contributed by atoms with Crippen molar-refractivity contribution >= 4 is 5.91 Å². The monoisotopic (exact) mass is 340 g/mol. The number of rotatable bonds is 7. The summed E-state index contributed by atoms with van der Waals surface area (Å²) in [5.74, 6) is 1.23. The third-order valence-electron chi connectivity index (χ3n) is 4.91. The minimum absolute atomic E-state index is 0.0117. The predicted octanol–water partition coefficient (Wildman–Crippen LogP) is 2.62. The third kappa shape index (κ3) is 4.69. The number of aromatic nitrogens is 2. The van der Waals surface area contributed by atoms with Crippen LogP contribution in [0.5, 0.6) is 0 Å². The number of carbonyl (C=O) groups is 1. The molecule has 0 saturated carbocycles. The van der Waals surface area contributed by atoms with Gasteiger partial charge in [0.05, 0.1) is 6.04 Å². The predicted molar refractivity (Wildman–Crippen MR) is 99.1 cm³/mol. The second kappa shape index (κ2) is 8.81. The average molecular weight is 340 g/mol. The maximum atomic E-state index is 12.7. The van der Waals surface area contributed by atoms with Crippen LogP contribution in [-0.2, 0) is 24.3 Å². The molecule has 3 rings (SSSR count). The lowest BCUT2D eigenvalue weighted by molar-refractivity contribution is -0.127. The van der Waals surface area contributed by atoms with E-state index < -0.39 is 0 Å². The molecule has 5 heteroatoms. The molecule has 0 aliphatic carbocycles. The Morgan fingerprint density at radius 2 is 2.12 bits per heavy atom. The summed E-state index contributed by atoms with van der Waals surface area (Å²) in [5.41, 5.74) is 1.27. The third-order valence-corrected chi connectivity index (χ3v) is 4.91. The minimum Gasteiger partial charge on any atom is -0.353 e. The molecule has 1 aromatic heterocycles. The van der Waals surface area contributed by atoms with Gasteiger partial charge < -0.3 is 9.88 Å². The molecular formula is C20H28N4O. The number of nitrogens with zero attached hydrogens (tertiary/aromatic N) is 3. The van der Waals surface area contributed by atoms with Gasteiger partial charge in [-0.25, -0.2) is 4.98 Å². The van der Waals surface area contributed by atoms with E-state index in [2.05, 4.69) is 51.0 Å². The molecule has 1 unspecified atom stereocenters. The van der Waals surface area contributed by atoms with Crippen LogP contribution >= 0.6 is 0 Å². The zero-order chi connectivity index (χ0) is 17.5. The van der Waals surface area contributed by atoms with Gasteiger partial charge in [0.1, 0.15) is 5.82 Å². The Morgan fingerprint density at radius 3 is 2.92 bits per heavy atom. The van der Waals surface area contributed by atoms with Crippen LogP contribution in [0, 0.1) is 0 Å².